The molecule has 6 atom stereocenters. The smallest absolute Gasteiger partial charge is 0.312 e. The lowest BCUT2D eigenvalue weighted by molar-refractivity contribution is -0.414. The molecule has 4 N–H and O–H groups in total. The molecule has 0 bridgehead atoms. The van der Waals surface area contributed by atoms with Crippen molar-refractivity contribution in [2.24, 2.45) is 23.7 Å². The van der Waals surface area contributed by atoms with E-state index in [2.05, 4.69) is 4.89 Å². The Labute approximate surface area is 169 Å². The molecule has 6 unspecified atom stereocenters. The zero-order chi connectivity index (χ0) is 21.6. The van der Waals surface area contributed by atoms with Gasteiger partial charge in [0.15, 0.2) is 0 Å². The molecule has 168 valence electrons. The summed E-state index contributed by atoms with van der Waals surface area (Å²) in [4.78, 5) is 38.6. The second-order valence-electron chi connectivity index (χ2n) is 8.49. The van der Waals surface area contributed by atoms with Gasteiger partial charge in [0, 0.05) is 13.8 Å². The fraction of sp³-hybridized carbons (Fsp3) is 0.895. The first-order chi connectivity index (χ1) is 13.6. The average molecular weight is 420 g/mol. The summed E-state index contributed by atoms with van der Waals surface area (Å²) in [5.74, 6) is -5.31. The Balaban J connectivity index is 1.86. The minimum atomic E-state index is -1.47. The molecule has 0 aromatic rings. The lowest BCUT2D eigenvalue weighted by Crippen LogP contribution is -2.42. The zero-order valence-electron chi connectivity index (χ0n) is 16.9. The van der Waals surface area contributed by atoms with E-state index < -0.39 is 41.8 Å². The van der Waals surface area contributed by atoms with Crippen LogP contribution in [0.25, 0.3) is 0 Å². The Bertz CT molecular complexity index is 551. The fourth-order valence-electron chi connectivity index (χ4n) is 4.12. The lowest BCUT2D eigenvalue weighted by atomic mass is 9.78. The predicted molar refractivity (Wildman–Crippen MR) is 97.1 cm³/mol. The van der Waals surface area contributed by atoms with Gasteiger partial charge >= 0.3 is 11.9 Å². The number of ether oxygens (including phenoxy) is 1. The molecule has 2 aliphatic carbocycles. The van der Waals surface area contributed by atoms with Crippen LogP contribution in [0.15, 0.2) is 0 Å². The zero-order valence-corrected chi connectivity index (χ0v) is 16.9. The molecule has 0 aromatic carbocycles. The van der Waals surface area contributed by atoms with Crippen LogP contribution in [0.5, 0.6) is 0 Å². The van der Waals surface area contributed by atoms with Crippen molar-refractivity contribution >= 4 is 11.9 Å². The van der Waals surface area contributed by atoms with Gasteiger partial charge in [0.05, 0.1) is 37.3 Å². The Morgan fingerprint density at radius 1 is 0.931 bits per heavy atom. The number of carboxylic acid groups (broad SMARTS) is 1. The third-order valence-corrected chi connectivity index (χ3v) is 5.73. The minimum Gasteiger partial charge on any atom is -0.481 e. The van der Waals surface area contributed by atoms with Crippen molar-refractivity contribution in [1.29, 1.82) is 0 Å². The molecule has 2 rings (SSSR count). The average Bonchev–Trinajstić information content (AvgIpc) is 2.63. The summed E-state index contributed by atoms with van der Waals surface area (Å²) < 4.78 is 5.32. The molecule has 0 radical (unpaired) electrons. The van der Waals surface area contributed by atoms with Gasteiger partial charge in [-0.3, -0.25) is 14.8 Å². The van der Waals surface area contributed by atoms with E-state index >= 15 is 0 Å². The fourth-order valence-corrected chi connectivity index (χ4v) is 4.12. The largest absolute Gasteiger partial charge is 0.481 e. The van der Waals surface area contributed by atoms with Crippen LogP contribution in [0.2, 0.25) is 0 Å². The van der Waals surface area contributed by atoms with Crippen molar-refractivity contribution in [2.45, 2.75) is 70.4 Å². The van der Waals surface area contributed by atoms with E-state index in [-0.39, 0.29) is 37.9 Å². The highest BCUT2D eigenvalue weighted by Gasteiger charge is 2.42. The highest BCUT2D eigenvalue weighted by Crippen LogP contribution is 2.34. The number of hydrogen-bond acceptors (Lipinski definition) is 9. The van der Waals surface area contributed by atoms with Crippen molar-refractivity contribution in [3.63, 3.8) is 0 Å². The van der Waals surface area contributed by atoms with Crippen LogP contribution in [-0.2, 0) is 29.0 Å². The van der Waals surface area contributed by atoms with Gasteiger partial charge in [0.1, 0.15) is 0 Å². The van der Waals surface area contributed by atoms with Gasteiger partial charge in [-0.15, -0.1) is 0 Å². The molecule has 0 aliphatic heterocycles. The Kier molecular flexibility index (Phi) is 8.80. The summed E-state index contributed by atoms with van der Waals surface area (Å²) >= 11 is 0. The molecule has 0 saturated heterocycles. The minimum absolute atomic E-state index is 0.00212. The Hall–Kier alpha value is -1.30. The van der Waals surface area contributed by atoms with Crippen LogP contribution in [0.4, 0.5) is 0 Å². The van der Waals surface area contributed by atoms with Crippen LogP contribution < -0.4 is 0 Å². The number of carbonyl (C=O) groups is 2. The maximum atomic E-state index is 12.5. The molecule has 2 aliphatic rings. The van der Waals surface area contributed by atoms with Crippen molar-refractivity contribution in [1.82, 2.24) is 0 Å². The van der Waals surface area contributed by atoms with Crippen LogP contribution in [-0.4, -0.2) is 63.7 Å². The number of carbonyl (C=O) groups excluding carboxylic acids is 1. The standard InChI is InChI=1S/C19H32O10/c1-19(2,28-18(24)16-8-14(21)5-6-15(16)17(22)23)29-27-10-12-7-13(20)4-3-11(12)9-26-25/h11-16,20-21,25H,3-10H2,1-2H3,(H,22,23). The second-order valence-corrected chi connectivity index (χ2v) is 8.49. The van der Waals surface area contributed by atoms with Crippen molar-refractivity contribution in [3.8, 4) is 0 Å². The number of aliphatic carboxylic acids is 1. The number of carboxylic acids is 1. The highest BCUT2D eigenvalue weighted by molar-refractivity contribution is 5.81. The van der Waals surface area contributed by atoms with E-state index in [1.54, 1.807) is 0 Å². The topological polar surface area (TPSA) is 152 Å². The van der Waals surface area contributed by atoms with E-state index in [1.807, 2.05) is 0 Å². The Morgan fingerprint density at radius 3 is 2.24 bits per heavy atom. The van der Waals surface area contributed by atoms with Gasteiger partial charge in [-0.25, -0.2) is 9.78 Å². The van der Waals surface area contributed by atoms with Gasteiger partial charge in [0.2, 0.25) is 5.79 Å². The van der Waals surface area contributed by atoms with Gasteiger partial charge in [-0.2, -0.15) is 4.89 Å². The summed E-state index contributed by atoms with van der Waals surface area (Å²) in [6.45, 7) is 3.15. The van der Waals surface area contributed by atoms with Crippen LogP contribution in [0.3, 0.4) is 0 Å². The molecule has 29 heavy (non-hydrogen) atoms. The van der Waals surface area contributed by atoms with Crippen LogP contribution in [0.1, 0.15) is 52.4 Å². The quantitative estimate of drug-likeness (QED) is 0.186. The normalized spacial score (nSPS) is 33.3. The predicted octanol–water partition coefficient (Wildman–Crippen LogP) is 1.34. The molecule has 2 saturated carbocycles. The van der Waals surface area contributed by atoms with Crippen LogP contribution >= 0.6 is 0 Å². The van der Waals surface area contributed by atoms with E-state index in [4.69, 9.17) is 19.8 Å². The monoisotopic (exact) mass is 420 g/mol. The first kappa shape index (κ1) is 24.0. The Morgan fingerprint density at radius 2 is 1.59 bits per heavy atom. The van der Waals surface area contributed by atoms with Gasteiger partial charge in [-0.05, 0) is 50.4 Å². The van der Waals surface area contributed by atoms with Gasteiger partial charge < -0.3 is 20.1 Å². The molecule has 0 amide bonds. The molecule has 0 aromatic heterocycles. The maximum Gasteiger partial charge on any atom is 0.312 e. The van der Waals surface area contributed by atoms with E-state index in [9.17, 15) is 24.9 Å². The number of aliphatic hydroxyl groups is 2. The molecule has 0 heterocycles. The highest BCUT2D eigenvalue weighted by atomic mass is 17.2. The molecular formula is C19H32O10. The summed E-state index contributed by atoms with van der Waals surface area (Å²) in [5, 5.41) is 37.7. The van der Waals surface area contributed by atoms with Crippen LogP contribution in [0, 0.1) is 23.7 Å². The SMILES string of the molecule is CC(C)(OOCC1CC(O)CCC1COO)OC(=O)C1CC(O)CCC1C(=O)O. The summed E-state index contributed by atoms with van der Waals surface area (Å²) in [6, 6.07) is 0. The van der Waals surface area contributed by atoms with E-state index in [0.29, 0.717) is 25.7 Å². The molecular weight excluding hydrogens is 388 g/mol. The summed E-state index contributed by atoms with van der Waals surface area (Å²) in [5.41, 5.74) is 0. The third-order valence-electron chi connectivity index (χ3n) is 5.73. The summed E-state index contributed by atoms with van der Waals surface area (Å²) in [6.07, 6.45) is 1.11. The van der Waals surface area contributed by atoms with E-state index in [0.717, 1.165) is 0 Å². The maximum absolute atomic E-state index is 12.5. The van der Waals surface area contributed by atoms with Crippen molar-refractivity contribution in [3.05, 3.63) is 0 Å². The summed E-state index contributed by atoms with van der Waals surface area (Å²) in [7, 11) is 0. The van der Waals surface area contributed by atoms with Gasteiger partial charge in [-0.1, -0.05) is 0 Å². The second kappa shape index (κ2) is 10.6. The van der Waals surface area contributed by atoms with E-state index in [1.165, 1.54) is 13.8 Å². The third kappa shape index (κ3) is 7.16. The first-order valence-electron chi connectivity index (χ1n) is 10.0. The number of hydrogen-bond donors (Lipinski definition) is 4. The van der Waals surface area contributed by atoms with Crippen molar-refractivity contribution in [2.75, 3.05) is 13.2 Å². The lowest BCUT2D eigenvalue weighted by Gasteiger charge is -2.34. The van der Waals surface area contributed by atoms with Gasteiger partial charge in [0.25, 0.3) is 0 Å². The molecule has 0 spiro atoms. The molecule has 10 nitrogen and oxygen atoms in total. The number of aliphatic hydroxyl groups excluding tert-OH is 2. The first-order valence-corrected chi connectivity index (χ1v) is 10.0. The van der Waals surface area contributed by atoms with Crippen molar-refractivity contribution < 1.29 is 49.6 Å². The molecule has 2 fully saturated rings. The number of esters is 1. The molecule has 10 heteroatoms. The number of rotatable bonds is 9.